The van der Waals surface area contributed by atoms with Gasteiger partial charge in [0.05, 0.1) is 5.92 Å². The molecule has 2 heterocycles. The molecule has 0 N–H and O–H groups in total. The van der Waals surface area contributed by atoms with Crippen molar-refractivity contribution in [1.29, 1.82) is 0 Å². The highest BCUT2D eigenvalue weighted by Gasteiger charge is 2.43. The molecule has 0 bridgehead atoms. The highest BCUT2D eigenvalue weighted by Crippen LogP contribution is 2.46. The number of benzene rings is 1. The van der Waals surface area contributed by atoms with Crippen LogP contribution in [0.5, 0.6) is 0 Å². The predicted molar refractivity (Wildman–Crippen MR) is 146 cm³/mol. The van der Waals surface area contributed by atoms with E-state index in [1.807, 2.05) is 6.08 Å². The summed E-state index contributed by atoms with van der Waals surface area (Å²) in [6, 6.07) is 8.13. The fourth-order valence-corrected chi connectivity index (χ4v) is 7.48. The van der Waals surface area contributed by atoms with Crippen molar-refractivity contribution < 1.29 is 4.79 Å². The lowest BCUT2D eigenvalue weighted by atomic mass is 9.72. The van der Waals surface area contributed by atoms with Crippen LogP contribution in [0.25, 0.3) is 10.9 Å². The van der Waals surface area contributed by atoms with Gasteiger partial charge < -0.3 is 9.47 Å². The summed E-state index contributed by atoms with van der Waals surface area (Å²) in [5, 5.41) is 1.45. The Hall–Kier alpha value is -2.07. The maximum absolute atomic E-state index is 14.0. The first-order valence-corrected chi connectivity index (χ1v) is 14.1. The molecule has 1 saturated carbocycles. The highest BCUT2D eigenvalue weighted by molar-refractivity contribution is 5.89. The molecule has 5 rings (SSSR count). The van der Waals surface area contributed by atoms with Crippen LogP contribution in [0.2, 0.25) is 0 Å². The van der Waals surface area contributed by atoms with Crippen molar-refractivity contribution >= 4 is 16.8 Å². The van der Waals surface area contributed by atoms with Crippen LogP contribution in [0.1, 0.15) is 88.8 Å². The molecule has 4 nitrogen and oxygen atoms in total. The molecular weight excluding hydrogens is 430 g/mol. The third-order valence-corrected chi connectivity index (χ3v) is 9.30. The second-order valence-electron chi connectivity index (χ2n) is 12.0. The quantitative estimate of drug-likeness (QED) is 0.458. The van der Waals surface area contributed by atoms with E-state index in [1.165, 1.54) is 47.7 Å². The van der Waals surface area contributed by atoms with Gasteiger partial charge in [-0.1, -0.05) is 50.8 Å². The lowest BCUT2D eigenvalue weighted by Crippen LogP contribution is -2.54. The minimum atomic E-state index is 0.0611. The number of piperidine rings is 1. The van der Waals surface area contributed by atoms with Crippen molar-refractivity contribution in [3.63, 3.8) is 0 Å². The Morgan fingerprint density at radius 2 is 2.00 bits per heavy atom. The Morgan fingerprint density at radius 1 is 1.20 bits per heavy atom. The van der Waals surface area contributed by atoms with E-state index < -0.39 is 0 Å². The van der Waals surface area contributed by atoms with Crippen molar-refractivity contribution in [3.8, 4) is 0 Å². The van der Waals surface area contributed by atoms with E-state index in [1.54, 1.807) is 0 Å². The molecule has 3 unspecified atom stereocenters. The van der Waals surface area contributed by atoms with E-state index in [0.29, 0.717) is 35.9 Å². The van der Waals surface area contributed by atoms with Crippen molar-refractivity contribution in [2.75, 3.05) is 20.1 Å². The summed E-state index contributed by atoms with van der Waals surface area (Å²) >= 11 is 0. The number of rotatable bonds is 5. The van der Waals surface area contributed by atoms with Gasteiger partial charge in [0.25, 0.3) is 0 Å². The number of likely N-dealkylation sites (tertiary alicyclic amines) is 1. The number of amides is 1. The third-order valence-electron chi connectivity index (χ3n) is 9.30. The standard InChI is InChI=1S/C31H45N3O/c1-6-15-33-19-24(31(35)32(5)25-12-9-7-8-11-22(4)16-25)17-27-26-13-10-14-28-30(26)23(18-29(27)33)20-34(28)21(2)3/h6,10,13-14,20-22,24-25,27,29H,1,7-9,11-12,15-19H2,2-5H3/t22?,24?,25?,27-,29-/m1/s1. The van der Waals surface area contributed by atoms with Crippen LogP contribution >= 0.6 is 0 Å². The Kier molecular flexibility index (Phi) is 7.12. The molecule has 190 valence electrons. The Balaban J connectivity index is 1.44. The van der Waals surface area contributed by atoms with Crippen LogP contribution in [0.4, 0.5) is 0 Å². The minimum absolute atomic E-state index is 0.0611. The number of hydrogen-bond acceptors (Lipinski definition) is 2. The van der Waals surface area contributed by atoms with E-state index in [-0.39, 0.29) is 5.92 Å². The summed E-state index contributed by atoms with van der Waals surface area (Å²) < 4.78 is 2.44. The SMILES string of the molecule is C=CCN1CC(C(=O)N(C)C2CCCCCC(C)C2)C[C@@H]2c3cccc4c3c(cn4C(C)C)C[C@H]21. The number of aromatic nitrogens is 1. The van der Waals surface area contributed by atoms with Gasteiger partial charge in [-0.15, -0.1) is 6.58 Å². The van der Waals surface area contributed by atoms with Crippen LogP contribution in [-0.4, -0.2) is 52.5 Å². The van der Waals surface area contributed by atoms with E-state index in [9.17, 15) is 4.79 Å². The van der Waals surface area contributed by atoms with E-state index >= 15 is 0 Å². The summed E-state index contributed by atoms with van der Waals surface area (Å²) in [7, 11) is 2.09. The van der Waals surface area contributed by atoms with Gasteiger partial charge in [0.1, 0.15) is 0 Å². The lowest BCUT2D eigenvalue weighted by molar-refractivity contribution is -0.139. The van der Waals surface area contributed by atoms with Crippen LogP contribution in [0.3, 0.4) is 0 Å². The first-order chi connectivity index (χ1) is 16.9. The van der Waals surface area contributed by atoms with Crippen LogP contribution in [0.15, 0.2) is 37.1 Å². The second-order valence-corrected chi connectivity index (χ2v) is 12.0. The molecule has 5 atom stereocenters. The van der Waals surface area contributed by atoms with Gasteiger partial charge in [0.2, 0.25) is 5.91 Å². The number of fused-ring (bicyclic) bond motifs is 2. The normalized spacial score (nSPS) is 29.5. The van der Waals surface area contributed by atoms with Crippen molar-refractivity contribution in [2.24, 2.45) is 11.8 Å². The summed E-state index contributed by atoms with van der Waals surface area (Å²) in [4.78, 5) is 18.7. The van der Waals surface area contributed by atoms with Gasteiger partial charge in [0.15, 0.2) is 0 Å². The molecule has 1 aliphatic heterocycles. The first kappa shape index (κ1) is 24.6. The molecule has 1 aromatic carbocycles. The Labute approximate surface area is 212 Å². The molecule has 0 radical (unpaired) electrons. The number of carbonyl (C=O) groups excluding carboxylic acids is 1. The van der Waals surface area contributed by atoms with Gasteiger partial charge in [-0.3, -0.25) is 9.69 Å². The van der Waals surface area contributed by atoms with Gasteiger partial charge in [-0.2, -0.15) is 0 Å². The summed E-state index contributed by atoms with van der Waals surface area (Å²) in [5.74, 6) is 1.54. The van der Waals surface area contributed by atoms with Crippen LogP contribution in [-0.2, 0) is 11.2 Å². The van der Waals surface area contributed by atoms with E-state index in [4.69, 9.17) is 0 Å². The Morgan fingerprint density at radius 3 is 2.77 bits per heavy atom. The molecule has 2 aromatic rings. The maximum Gasteiger partial charge on any atom is 0.226 e. The number of nitrogens with zero attached hydrogens (tertiary/aromatic N) is 3. The Bertz CT molecular complexity index is 1070. The molecule has 4 heteroatoms. The van der Waals surface area contributed by atoms with Crippen LogP contribution in [0, 0.1) is 11.8 Å². The average molecular weight is 476 g/mol. The molecule has 2 aliphatic carbocycles. The number of hydrogen-bond donors (Lipinski definition) is 0. The van der Waals surface area contributed by atoms with Crippen molar-refractivity contribution in [3.05, 3.63) is 48.2 Å². The zero-order valence-corrected chi connectivity index (χ0v) is 22.4. The molecular formula is C31H45N3O. The fourth-order valence-electron chi connectivity index (χ4n) is 7.48. The maximum atomic E-state index is 14.0. The van der Waals surface area contributed by atoms with Crippen molar-refractivity contribution in [2.45, 2.75) is 96.2 Å². The summed E-state index contributed by atoms with van der Waals surface area (Å²) in [5.41, 5.74) is 4.29. The first-order valence-electron chi connectivity index (χ1n) is 14.1. The highest BCUT2D eigenvalue weighted by atomic mass is 16.2. The average Bonchev–Trinajstić information content (AvgIpc) is 3.21. The smallest absolute Gasteiger partial charge is 0.226 e. The molecule has 3 aliphatic rings. The monoisotopic (exact) mass is 475 g/mol. The van der Waals surface area contributed by atoms with Gasteiger partial charge in [-0.05, 0) is 62.6 Å². The van der Waals surface area contributed by atoms with Crippen LogP contribution < -0.4 is 0 Å². The largest absolute Gasteiger partial charge is 0.345 e. The molecule has 2 fully saturated rings. The lowest BCUT2D eigenvalue weighted by Gasteiger charge is -2.47. The van der Waals surface area contributed by atoms with E-state index in [2.05, 4.69) is 73.2 Å². The molecule has 1 aromatic heterocycles. The topological polar surface area (TPSA) is 28.5 Å². The summed E-state index contributed by atoms with van der Waals surface area (Å²) in [6.45, 7) is 12.7. The third kappa shape index (κ3) is 4.59. The minimum Gasteiger partial charge on any atom is -0.345 e. The van der Waals surface area contributed by atoms with Gasteiger partial charge >= 0.3 is 0 Å². The van der Waals surface area contributed by atoms with Crippen molar-refractivity contribution in [1.82, 2.24) is 14.4 Å². The molecule has 35 heavy (non-hydrogen) atoms. The zero-order valence-electron chi connectivity index (χ0n) is 22.4. The predicted octanol–water partition coefficient (Wildman–Crippen LogP) is 6.56. The molecule has 1 amide bonds. The number of carbonyl (C=O) groups is 1. The van der Waals surface area contributed by atoms with Gasteiger partial charge in [-0.25, -0.2) is 0 Å². The van der Waals surface area contributed by atoms with E-state index in [0.717, 1.165) is 38.8 Å². The molecule has 1 saturated heterocycles. The second kappa shape index (κ2) is 10.1. The zero-order chi connectivity index (χ0) is 24.7. The van der Waals surface area contributed by atoms with Gasteiger partial charge in [0, 0.05) is 61.3 Å². The fraction of sp³-hybridized carbons (Fsp3) is 0.645. The summed E-state index contributed by atoms with van der Waals surface area (Å²) in [6.07, 6.45) is 14.0. The molecule has 0 spiro atoms.